The first-order valence-electron chi connectivity index (χ1n) is 10.6. The molecule has 1 fully saturated rings. The normalized spacial score (nSPS) is 14.9. The van der Waals surface area contributed by atoms with Gasteiger partial charge in [0.25, 0.3) is 5.91 Å². The number of aliphatic imine (C=N–C) groups is 1. The van der Waals surface area contributed by atoms with Crippen molar-refractivity contribution in [2.75, 3.05) is 26.7 Å². The summed E-state index contributed by atoms with van der Waals surface area (Å²) in [6, 6.07) is 11.8. The number of carbonyl (C=O) groups is 1. The second-order valence-electron chi connectivity index (χ2n) is 7.77. The fourth-order valence-corrected chi connectivity index (χ4v) is 3.61. The Morgan fingerprint density at radius 3 is 2.58 bits per heavy atom. The van der Waals surface area contributed by atoms with Gasteiger partial charge in [0, 0.05) is 39.3 Å². The predicted molar refractivity (Wildman–Crippen MR) is 135 cm³/mol. The quantitative estimate of drug-likeness (QED) is 0.257. The van der Waals surface area contributed by atoms with E-state index in [0.29, 0.717) is 24.8 Å². The van der Waals surface area contributed by atoms with E-state index >= 15 is 0 Å². The summed E-state index contributed by atoms with van der Waals surface area (Å²) in [4.78, 5) is 17.4. The Kier molecular flexibility index (Phi) is 10.8. The van der Waals surface area contributed by atoms with Crippen LogP contribution in [0.2, 0.25) is 0 Å². The van der Waals surface area contributed by atoms with Crippen molar-refractivity contribution < 1.29 is 18.3 Å². The van der Waals surface area contributed by atoms with Crippen molar-refractivity contribution in [2.45, 2.75) is 32.0 Å². The third-order valence-electron chi connectivity index (χ3n) is 5.28. The number of nitrogens with two attached hydrogens (primary N) is 1. The predicted octanol–water partition coefficient (Wildman–Crippen LogP) is 2.78. The number of nitrogens with one attached hydrogen (secondary N) is 2. The molecule has 1 aliphatic rings. The summed E-state index contributed by atoms with van der Waals surface area (Å²) in [6.07, 6.45) is 1.83. The van der Waals surface area contributed by atoms with E-state index in [1.807, 2.05) is 18.2 Å². The number of nitrogens with zero attached hydrogens (tertiary/aromatic N) is 2. The Bertz CT molecular complexity index is 952. The second-order valence-corrected chi connectivity index (χ2v) is 7.77. The zero-order chi connectivity index (χ0) is 22.9. The molecule has 10 heteroatoms. The number of primary amides is 1. The van der Waals surface area contributed by atoms with Gasteiger partial charge in [-0.05, 0) is 48.2 Å². The standard InChI is InChI=1S/C23H29F2N5O2.HI/c1-27-23(28-13-16-3-2-4-19(11-16)32-15-22(26)31)29-18-7-9-30(10-8-18)14-17-5-6-20(24)21(25)12-17;/h2-6,11-12,18H,7-10,13-15H2,1H3,(H2,26,31)(H2,27,28,29);1H. The molecule has 1 aliphatic heterocycles. The van der Waals surface area contributed by atoms with Crippen LogP contribution in [0.1, 0.15) is 24.0 Å². The van der Waals surface area contributed by atoms with Gasteiger partial charge < -0.3 is 21.1 Å². The van der Waals surface area contributed by atoms with Crippen LogP contribution >= 0.6 is 24.0 Å². The van der Waals surface area contributed by atoms with E-state index in [2.05, 4.69) is 20.5 Å². The van der Waals surface area contributed by atoms with Gasteiger partial charge in [-0.3, -0.25) is 14.7 Å². The molecule has 1 heterocycles. The molecule has 2 aromatic carbocycles. The molecule has 0 atom stereocenters. The minimum absolute atomic E-state index is 0. The van der Waals surface area contributed by atoms with Crippen molar-refractivity contribution in [3.63, 3.8) is 0 Å². The highest BCUT2D eigenvalue weighted by molar-refractivity contribution is 14.0. The molecule has 1 saturated heterocycles. The van der Waals surface area contributed by atoms with Crippen LogP contribution in [0.4, 0.5) is 8.78 Å². The summed E-state index contributed by atoms with van der Waals surface area (Å²) in [6.45, 7) is 2.70. The number of likely N-dealkylation sites (tertiary alicyclic amines) is 1. The van der Waals surface area contributed by atoms with Crippen molar-refractivity contribution >= 4 is 35.8 Å². The summed E-state index contributed by atoms with van der Waals surface area (Å²) in [5, 5.41) is 6.73. The number of hydrogen-bond acceptors (Lipinski definition) is 4. The molecule has 0 aromatic heterocycles. The topological polar surface area (TPSA) is 92.0 Å². The smallest absolute Gasteiger partial charge is 0.255 e. The molecule has 0 aliphatic carbocycles. The van der Waals surface area contributed by atoms with Gasteiger partial charge in [0.2, 0.25) is 0 Å². The molecule has 2 aromatic rings. The lowest BCUT2D eigenvalue weighted by Gasteiger charge is -2.33. The largest absolute Gasteiger partial charge is 0.484 e. The molecule has 4 N–H and O–H groups in total. The second kappa shape index (κ2) is 13.3. The first-order valence-corrected chi connectivity index (χ1v) is 10.6. The average Bonchev–Trinajstić information content (AvgIpc) is 2.79. The van der Waals surface area contributed by atoms with Crippen LogP contribution in [0.3, 0.4) is 0 Å². The number of carbonyl (C=O) groups excluding carboxylic acids is 1. The average molecular weight is 573 g/mol. The van der Waals surface area contributed by atoms with Gasteiger partial charge >= 0.3 is 0 Å². The van der Waals surface area contributed by atoms with Crippen molar-refractivity contribution in [1.29, 1.82) is 0 Å². The van der Waals surface area contributed by atoms with E-state index < -0.39 is 17.5 Å². The lowest BCUT2D eigenvalue weighted by Crippen LogP contribution is -2.48. The first kappa shape index (κ1) is 26.8. The molecular weight excluding hydrogens is 543 g/mol. The summed E-state index contributed by atoms with van der Waals surface area (Å²) in [5.74, 6) is -0.861. The van der Waals surface area contributed by atoms with Crippen molar-refractivity contribution in [2.24, 2.45) is 10.7 Å². The van der Waals surface area contributed by atoms with Crippen LogP contribution in [0.15, 0.2) is 47.5 Å². The molecule has 0 radical (unpaired) electrons. The Morgan fingerprint density at radius 2 is 1.91 bits per heavy atom. The third kappa shape index (κ3) is 8.77. The zero-order valence-corrected chi connectivity index (χ0v) is 20.9. The SMILES string of the molecule is CN=C(NCc1cccc(OCC(N)=O)c1)NC1CCN(Cc2ccc(F)c(F)c2)CC1.I. The van der Waals surface area contributed by atoms with E-state index in [4.69, 9.17) is 10.5 Å². The number of ether oxygens (including phenoxy) is 1. The highest BCUT2D eigenvalue weighted by Gasteiger charge is 2.20. The highest BCUT2D eigenvalue weighted by atomic mass is 127. The molecule has 0 bridgehead atoms. The first-order chi connectivity index (χ1) is 15.4. The fourth-order valence-electron chi connectivity index (χ4n) is 3.61. The van der Waals surface area contributed by atoms with Crippen molar-refractivity contribution in [3.8, 4) is 5.75 Å². The molecule has 7 nitrogen and oxygen atoms in total. The highest BCUT2D eigenvalue weighted by Crippen LogP contribution is 2.16. The van der Waals surface area contributed by atoms with Crippen LogP contribution in [0.5, 0.6) is 5.75 Å². The third-order valence-corrected chi connectivity index (χ3v) is 5.28. The van der Waals surface area contributed by atoms with Gasteiger partial charge in [0.15, 0.2) is 24.2 Å². The summed E-state index contributed by atoms with van der Waals surface area (Å²) < 4.78 is 31.9. The van der Waals surface area contributed by atoms with Crippen LogP contribution in [-0.2, 0) is 17.9 Å². The van der Waals surface area contributed by atoms with Gasteiger partial charge in [-0.1, -0.05) is 18.2 Å². The molecular formula is C23H30F2IN5O2. The van der Waals surface area contributed by atoms with E-state index in [1.165, 1.54) is 12.1 Å². The summed E-state index contributed by atoms with van der Waals surface area (Å²) in [5.41, 5.74) is 6.87. The Labute approximate surface area is 209 Å². The van der Waals surface area contributed by atoms with Crippen LogP contribution in [-0.4, -0.2) is 49.6 Å². The van der Waals surface area contributed by atoms with Gasteiger partial charge in [0.05, 0.1) is 0 Å². The molecule has 3 rings (SSSR count). The van der Waals surface area contributed by atoms with Crippen molar-refractivity contribution in [3.05, 3.63) is 65.2 Å². The van der Waals surface area contributed by atoms with Crippen LogP contribution in [0, 0.1) is 11.6 Å². The lowest BCUT2D eigenvalue weighted by atomic mass is 10.0. The number of benzene rings is 2. The van der Waals surface area contributed by atoms with E-state index in [1.54, 1.807) is 19.2 Å². The van der Waals surface area contributed by atoms with E-state index in [0.717, 1.165) is 37.1 Å². The maximum Gasteiger partial charge on any atom is 0.255 e. The zero-order valence-electron chi connectivity index (χ0n) is 18.5. The van der Waals surface area contributed by atoms with Crippen LogP contribution < -0.4 is 21.1 Å². The molecule has 1 amide bonds. The number of piperidine rings is 1. The fraction of sp³-hybridized carbons (Fsp3) is 0.391. The number of amides is 1. The Hall–Kier alpha value is -2.47. The summed E-state index contributed by atoms with van der Waals surface area (Å²) in [7, 11) is 1.72. The van der Waals surface area contributed by atoms with E-state index in [-0.39, 0.29) is 36.6 Å². The maximum absolute atomic E-state index is 13.4. The molecule has 0 saturated carbocycles. The molecule has 0 unspecified atom stereocenters. The van der Waals surface area contributed by atoms with Gasteiger partial charge in [-0.2, -0.15) is 0 Å². The molecule has 0 spiro atoms. The van der Waals surface area contributed by atoms with Gasteiger partial charge in [0.1, 0.15) is 5.75 Å². The number of rotatable bonds is 8. The minimum Gasteiger partial charge on any atom is -0.484 e. The Balaban J connectivity index is 0.00000385. The maximum atomic E-state index is 13.4. The van der Waals surface area contributed by atoms with Crippen molar-refractivity contribution in [1.82, 2.24) is 15.5 Å². The molecule has 180 valence electrons. The number of halogens is 3. The minimum atomic E-state index is -0.819. The van der Waals surface area contributed by atoms with Gasteiger partial charge in [-0.15, -0.1) is 24.0 Å². The molecule has 33 heavy (non-hydrogen) atoms. The summed E-state index contributed by atoms with van der Waals surface area (Å²) >= 11 is 0. The Morgan fingerprint density at radius 1 is 1.15 bits per heavy atom. The monoisotopic (exact) mass is 573 g/mol. The number of guanidine groups is 1. The van der Waals surface area contributed by atoms with Crippen LogP contribution in [0.25, 0.3) is 0 Å². The van der Waals surface area contributed by atoms with Gasteiger partial charge in [-0.25, -0.2) is 8.78 Å². The lowest BCUT2D eigenvalue weighted by molar-refractivity contribution is -0.119. The number of hydrogen-bond donors (Lipinski definition) is 3. The van der Waals surface area contributed by atoms with E-state index in [9.17, 15) is 13.6 Å².